The first kappa shape index (κ1) is 11.8. The summed E-state index contributed by atoms with van der Waals surface area (Å²) in [6, 6.07) is -0.275. The molecule has 6 nitrogen and oxygen atoms in total. The van der Waals surface area contributed by atoms with E-state index in [4.69, 9.17) is 5.11 Å². The van der Waals surface area contributed by atoms with Crippen LogP contribution in [0.4, 0.5) is 9.93 Å². The van der Waals surface area contributed by atoms with Gasteiger partial charge in [-0.05, 0) is 13.3 Å². The zero-order valence-corrected chi connectivity index (χ0v) is 10.2. The number of anilines is 1. The number of carbonyl (C=O) groups excluding carboxylic acids is 1. The summed E-state index contributed by atoms with van der Waals surface area (Å²) in [5.74, 6) is -1.29. The fraction of sp³-hybridized carbons (Fsp3) is 0.500. The summed E-state index contributed by atoms with van der Waals surface area (Å²) >= 11 is 1.40. The Hall–Kier alpha value is -1.63. The van der Waals surface area contributed by atoms with E-state index < -0.39 is 11.9 Å². The Kier molecular flexibility index (Phi) is 3.28. The number of nitrogens with one attached hydrogen (secondary N) is 1. The minimum Gasteiger partial charge on any atom is -0.481 e. The van der Waals surface area contributed by atoms with Gasteiger partial charge in [0.05, 0.1) is 5.92 Å². The van der Waals surface area contributed by atoms with Crippen molar-refractivity contribution < 1.29 is 14.7 Å². The van der Waals surface area contributed by atoms with Crippen LogP contribution in [0.25, 0.3) is 0 Å². The summed E-state index contributed by atoms with van der Waals surface area (Å²) < 4.78 is 0. The SMILES string of the molecule is Cc1cnc(NC(=O)N2CCC(C(=O)O)C2)s1. The lowest BCUT2D eigenvalue weighted by Gasteiger charge is -2.15. The van der Waals surface area contributed by atoms with E-state index in [-0.39, 0.29) is 12.6 Å². The molecule has 2 amide bonds. The fourth-order valence-electron chi connectivity index (χ4n) is 1.73. The number of rotatable bonds is 2. The van der Waals surface area contributed by atoms with Crippen molar-refractivity contribution in [3.8, 4) is 0 Å². The molecule has 1 atom stereocenters. The monoisotopic (exact) mass is 255 g/mol. The molecule has 0 radical (unpaired) electrons. The molecule has 0 spiro atoms. The van der Waals surface area contributed by atoms with Gasteiger partial charge in [0.25, 0.3) is 0 Å². The van der Waals surface area contributed by atoms with Gasteiger partial charge >= 0.3 is 12.0 Å². The molecular formula is C10H13N3O3S. The summed E-state index contributed by atoms with van der Waals surface area (Å²) in [5.41, 5.74) is 0. The molecule has 17 heavy (non-hydrogen) atoms. The van der Waals surface area contributed by atoms with Gasteiger partial charge in [-0.15, -0.1) is 11.3 Å². The predicted molar refractivity (Wildman–Crippen MR) is 63.2 cm³/mol. The summed E-state index contributed by atoms with van der Waals surface area (Å²) in [4.78, 5) is 29.1. The molecule has 0 aromatic carbocycles. The molecule has 1 saturated heterocycles. The number of thiazole rings is 1. The van der Waals surface area contributed by atoms with Gasteiger partial charge in [0.1, 0.15) is 0 Å². The standard InChI is InChI=1S/C10H13N3O3S/c1-6-4-11-9(17-6)12-10(16)13-3-2-7(5-13)8(14)15/h4,7H,2-3,5H2,1H3,(H,14,15)(H,11,12,16). The highest BCUT2D eigenvalue weighted by Gasteiger charge is 2.31. The minimum absolute atomic E-state index is 0.269. The van der Waals surface area contributed by atoms with Crippen LogP contribution in [-0.2, 0) is 4.79 Å². The van der Waals surface area contributed by atoms with Crippen molar-refractivity contribution in [3.05, 3.63) is 11.1 Å². The first-order valence-electron chi connectivity index (χ1n) is 5.27. The Morgan fingerprint density at radius 1 is 1.65 bits per heavy atom. The van der Waals surface area contributed by atoms with E-state index in [1.165, 1.54) is 16.2 Å². The third kappa shape index (κ3) is 2.73. The number of hydrogen-bond acceptors (Lipinski definition) is 4. The minimum atomic E-state index is -0.842. The molecule has 2 rings (SSSR count). The second kappa shape index (κ2) is 4.70. The molecule has 1 aliphatic heterocycles. The molecule has 1 fully saturated rings. The van der Waals surface area contributed by atoms with Crippen LogP contribution in [0.3, 0.4) is 0 Å². The number of hydrogen-bond donors (Lipinski definition) is 2. The first-order chi connectivity index (χ1) is 8.06. The molecule has 1 aromatic heterocycles. The highest BCUT2D eigenvalue weighted by atomic mass is 32.1. The quantitative estimate of drug-likeness (QED) is 0.836. The van der Waals surface area contributed by atoms with Crippen LogP contribution in [0, 0.1) is 12.8 Å². The lowest BCUT2D eigenvalue weighted by Crippen LogP contribution is -2.33. The third-order valence-corrected chi connectivity index (χ3v) is 3.49. The van der Waals surface area contributed by atoms with E-state index in [1.807, 2.05) is 6.92 Å². The van der Waals surface area contributed by atoms with Crippen molar-refractivity contribution in [3.63, 3.8) is 0 Å². The Morgan fingerprint density at radius 2 is 2.41 bits per heavy atom. The Balaban J connectivity index is 1.91. The largest absolute Gasteiger partial charge is 0.481 e. The number of likely N-dealkylation sites (tertiary alicyclic amines) is 1. The highest BCUT2D eigenvalue weighted by molar-refractivity contribution is 7.15. The number of amides is 2. The average Bonchev–Trinajstić information content (AvgIpc) is 2.86. The number of carboxylic acids is 1. The number of nitrogens with zero attached hydrogens (tertiary/aromatic N) is 2. The van der Waals surface area contributed by atoms with Crippen LogP contribution < -0.4 is 5.32 Å². The molecule has 1 aromatic rings. The second-order valence-corrected chi connectivity index (χ2v) is 5.21. The topological polar surface area (TPSA) is 82.5 Å². The molecule has 1 unspecified atom stereocenters. The van der Waals surface area contributed by atoms with Gasteiger partial charge in [-0.3, -0.25) is 10.1 Å². The van der Waals surface area contributed by atoms with E-state index >= 15 is 0 Å². The maximum Gasteiger partial charge on any atom is 0.323 e. The first-order valence-corrected chi connectivity index (χ1v) is 6.09. The van der Waals surface area contributed by atoms with Gasteiger partial charge < -0.3 is 10.0 Å². The van der Waals surface area contributed by atoms with Crippen molar-refractivity contribution in [2.75, 3.05) is 18.4 Å². The van der Waals surface area contributed by atoms with E-state index in [2.05, 4.69) is 10.3 Å². The molecule has 0 saturated carbocycles. The number of urea groups is 1. The van der Waals surface area contributed by atoms with Gasteiger partial charge in [0.2, 0.25) is 0 Å². The molecular weight excluding hydrogens is 242 g/mol. The average molecular weight is 255 g/mol. The molecule has 92 valence electrons. The molecule has 2 N–H and O–H groups in total. The van der Waals surface area contributed by atoms with Gasteiger partial charge in [0, 0.05) is 24.2 Å². The maximum atomic E-state index is 11.8. The third-order valence-electron chi connectivity index (χ3n) is 2.66. The van der Waals surface area contributed by atoms with Crippen LogP contribution in [0.1, 0.15) is 11.3 Å². The van der Waals surface area contributed by atoms with Crippen molar-refractivity contribution in [2.45, 2.75) is 13.3 Å². The van der Waals surface area contributed by atoms with E-state index in [9.17, 15) is 9.59 Å². The van der Waals surface area contributed by atoms with Gasteiger partial charge in [-0.1, -0.05) is 0 Å². The number of carbonyl (C=O) groups is 2. The van der Waals surface area contributed by atoms with Crippen LogP contribution in [0.15, 0.2) is 6.20 Å². The molecule has 1 aliphatic rings. The number of aryl methyl sites for hydroxylation is 1. The summed E-state index contributed by atoms with van der Waals surface area (Å²) in [6.07, 6.45) is 2.20. The van der Waals surface area contributed by atoms with Crippen LogP contribution in [-0.4, -0.2) is 40.1 Å². The Morgan fingerprint density at radius 3 is 2.94 bits per heavy atom. The number of aliphatic carboxylic acids is 1. The van der Waals surface area contributed by atoms with Crippen LogP contribution in [0.5, 0.6) is 0 Å². The van der Waals surface area contributed by atoms with E-state index in [1.54, 1.807) is 6.20 Å². The van der Waals surface area contributed by atoms with Crippen LogP contribution >= 0.6 is 11.3 Å². The van der Waals surface area contributed by atoms with E-state index in [0.29, 0.717) is 18.1 Å². The molecule has 2 heterocycles. The van der Waals surface area contributed by atoms with E-state index in [0.717, 1.165) is 4.88 Å². The Labute approximate surface area is 102 Å². The summed E-state index contributed by atoms with van der Waals surface area (Å²) in [5, 5.41) is 12.1. The Bertz CT molecular complexity index is 446. The van der Waals surface area contributed by atoms with Crippen molar-refractivity contribution >= 4 is 28.5 Å². The maximum absolute atomic E-state index is 11.8. The van der Waals surface area contributed by atoms with Crippen molar-refractivity contribution in [1.29, 1.82) is 0 Å². The summed E-state index contributed by atoms with van der Waals surface area (Å²) in [6.45, 7) is 2.66. The number of aromatic nitrogens is 1. The normalized spacial score (nSPS) is 19.4. The lowest BCUT2D eigenvalue weighted by molar-refractivity contribution is -0.141. The van der Waals surface area contributed by atoms with Crippen molar-refractivity contribution in [2.24, 2.45) is 5.92 Å². The zero-order valence-electron chi connectivity index (χ0n) is 9.34. The van der Waals surface area contributed by atoms with Crippen molar-refractivity contribution in [1.82, 2.24) is 9.88 Å². The molecule has 7 heteroatoms. The zero-order chi connectivity index (χ0) is 12.4. The highest BCUT2D eigenvalue weighted by Crippen LogP contribution is 2.20. The molecule has 0 bridgehead atoms. The fourth-order valence-corrected chi connectivity index (χ4v) is 2.38. The smallest absolute Gasteiger partial charge is 0.323 e. The summed E-state index contributed by atoms with van der Waals surface area (Å²) in [7, 11) is 0. The van der Waals surface area contributed by atoms with Gasteiger partial charge in [-0.25, -0.2) is 9.78 Å². The second-order valence-electron chi connectivity index (χ2n) is 3.98. The predicted octanol–water partition coefficient (Wildman–Crippen LogP) is 1.39. The van der Waals surface area contributed by atoms with Gasteiger partial charge in [0.15, 0.2) is 5.13 Å². The van der Waals surface area contributed by atoms with Crippen LogP contribution in [0.2, 0.25) is 0 Å². The lowest BCUT2D eigenvalue weighted by atomic mass is 10.1. The number of carboxylic acid groups (broad SMARTS) is 1. The van der Waals surface area contributed by atoms with Gasteiger partial charge in [-0.2, -0.15) is 0 Å². The molecule has 0 aliphatic carbocycles.